The summed E-state index contributed by atoms with van der Waals surface area (Å²) in [5.41, 5.74) is 4.76. The average Bonchev–Trinajstić information content (AvgIpc) is 2.72. The van der Waals surface area contributed by atoms with Crippen LogP contribution < -0.4 is 15.4 Å². The van der Waals surface area contributed by atoms with Crippen molar-refractivity contribution in [3.05, 3.63) is 95.1 Å². The van der Waals surface area contributed by atoms with Gasteiger partial charge in [-0.05, 0) is 49.2 Å². The summed E-state index contributed by atoms with van der Waals surface area (Å²) in [7, 11) is 0. The lowest BCUT2D eigenvalue weighted by molar-refractivity contribution is -0.676. The topological polar surface area (TPSA) is 54.9 Å². The van der Waals surface area contributed by atoms with Gasteiger partial charge in [0.2, 0.25) is 0 Å². The third-order valence-electron chi connectivity index (χ3n) is 4.91. The fourth-order valence-corrected chi connectivity index (χ4v) is 3.41. The molecule has 30 heavy (non-hydrogen) atoms. The molecule has 0 unspecified atom stereocenters. The number of carbonyl (C=O) groups is 1. The summed E-state index contributed by atoms with van der Waals surface area (Å²) >= 11 is 0. The Morgan fingerprint density at radius 2 is 1.50 bits per heavy atom. The molecule has 0 heterocycles. The summed E-state index contributed by atoms with van der Waals surface area (Å²) in [5, 5.41) is 4.93. The molecular formula is C24H25F2N2O2+. The van der Waals surface area contributed by atoms with Gasteiger partial charge in [-0.1, -0.05) is 48.5 Å². The van der Waals surface area contributed by atoms with Crippen LogP contribution in [0.2, 0.25) is 0 Å². The maximum atomic E-state index is 12.6. The van der Waals surface area contributed by atoms with E-state index in [1.54, 1.807) is 12.1 Å². The van der Waals surface area contributed by atoms with Crippen molar-refractivity contribution in [1.82, 2.24) is 0 Å². The van der Waals surface area contributed by atoms with Crippen LogP contribution >= 0.6 is 0 Å². The first-order valence-corrected chi connectivity index (χ1v) is 9.73. The van der Waals surface area contributed by atoms with Gasteiger partial charge in [0.05, 0.1) is 0 Å². The summed E-state index contributed by atoms with van der Waals surface area (Å²) in [5.74, 6) is -0.000632. The summed E-state index contributed by atoms with van der Waals surface area (Å²) in [6.45, 7) is 1.27. The van der Waals surface area contributed by atoms with E-state index in [1.807, 2.05) is 67.7 Å². The Hall–Kier alpha value is -3.25. The van der Waals surface area contributed by atoms with E-state index in [2.05, 4.69) is 10.1 Å². The van der Waals surface area contributed by atoms with E-state index >= 15 is 0 Å². The number of benzene rings is 3. The molecule has 3 N–H and O–H groups in total. The maximum Gasteiger partial charge on any atom is 0.387 e. The Kier molecular flexibility index (Phi) is 7.14. The number of rotatable bonds is 8. The molecule has 6 heteroatoms. The minimum atomic E-state index is -2.86. The van der Waals surface area contributed by atoms with Gasteiger partial charge in [-0.2, -0.15) is 8.78 Å². The molecule has 3 aromatic carbocycles. The number of anilines is 1. The Labute approximate surface area is 174 Å². The highest BCUT2D eigenvalue weighted by Crippen LogP contribution is 2.22. The number of alkyl halides is 2. The zero-order valence-electron chi connectivity index (χ0n) is 16.9. The summed E-state index contributed by atoms with van der Waals surface area (Å²) in [4.78, 5) is 12.6. The Morgan fingerprint density at radius 1 is 0.900 bits per heavy atom. The minimum Gasteiger partial charge on any atom is -0.435 e. The van der Waals surface area contributed by atoms with E-state index < -0.39 is 6.61 Å². The second-order valence-corrected chi connectivity index (χ2v) is 7.09. The first-order chi connectivity index (χ1) is 14.4. The maximum absolute atomic E-state index is 12.6. The van der Waals surface area contributed by atoms with E-state index in [9.17, 15) is 13.6 Å². The van der Waals surface area contributed by atoms with Crippen LogP contribution in [0.4, 0.5) is 14.5 Å². The lowest BCUT2D eigenvalue weighted by Crippen LogP contribution is -2.87. The molecule has 3 aromatic rings. The van der Waals surface area contributed by atoms with Crippen LogP contribution in [0.3, 0.4) is 0 Å². The predicted molar refractivity (Wildman–Crippen MR) is 113 cm³/mol. The highest BCUT2D eigenvalue weighted by Gasteiger charge is 2.20. The SMILES string of the molecule is Cc1cccc(C)c1NC(=O)C[NH2+][C@H](c1ccccc1)c1ccc(OC(F)F)cc1. The number of aryl methyl sites for hydroxylation is 2. The van der Waals surface area contributed by atoms with Crippen LogP contribution in [0.15, 0.2) is 72.8 Å². The highest BCUT2D eigenvalue weighted by atomic mass is 19.3. The Balaban J connectivity index is 1.74. The smallest absolute Gasteiger partial charge is 0.387 e. The predicted octanol–water partition coefficient (Wildman–Crippen LogP) is 4.20. The molecule has 0 spiro atoms. The van der Waals surface area contributed by atoms with Crippen LogP contribution in [0.5, 0.6) is 5.75 Å². The number of amides is 1. The first-order valence-electron chi connectivity index (χ1n) is 9.73. The van der Waals surface area contributed by atoms with Gasteiger partial charge < -0.3 is 15.4 Å². The van der Waals surface area contributed by atoms with Crippen molar-refractivity contribution in [1.29, 1.82) is 0 Å². The molecule has 4 nitrogen and oxygen atoms in total. The molecule has 0 aromatic heterocycles. The number of para-hydroxylation sites is 1. The summed E-state index contributed by atoms with van der Waals surface area (Å²) in [6.07, 6.45) is 0. The van der Waals surface area contributed by atoms with Crippen LogP contribution in [-0.4, -0.2) is 19.1 Å². The highest BCUT2D eigenvalue weighted by molar-refractivity contribution is 5.92. The Morgan fingerprint density at radius 3 is 2.10 bits per heavy atom. The molecule has 156 valence electrons. The fourth-order valence-electron chi connectivity index (χ4n) is 3.41. The molecule has 3 rings (SSSR count). The van der Waals surface area contributed by atoms with E-state index in [4.69, 9.17) is 0 Å². The van der Waals surface area contributed by atoms with Crippen molar-refractivity contribution in [2.45, 2.75) is 26.5 Å². The lowest BCUT2D eigenvalue weighted by atomic mass is 9.98. The van der Waals surface area contributed by atoms with Crippen molar-refractivity contribution in [2.24, 2.45) is 0 Å². The monoisotopic (exact) mass is 411 g/mol. The molecule has 0 aliphatic rings. The van der Waals surface area contributed by atoms with Gasteiger partial charge in [-0.15, -0.1) is 0 Å². The molecule has 0 radical (unpaired) electrons. The fraction of sp³-hybridized carbons (Fsp3) is 0.208. The summed E-state index contributed by atoms with van der Waals surface area (Å²) in [6, 6.07) is 22.0. The van der Waals surface area contributed by atoms with Gasteiger partial charge in [0.1, 0.15) is 11.8 Å². The number of nitrogens with one attached hydrogen (secondary N) is 1. The zero-order valence-corrected chi connectivity index (χ0v) is 16.9. The van der Waals surface area contributed by atoms with Crippen LogP contribution in [0, 0.1) is 13.8 Å². The molecule has 0 saturated carbocycles. The lowest BCUT2D eigenvalue weighted by Gasteiger charge is -2.18. The van der Waals surface area contributed by atoms with Gasteiger partial charge in [-0.3, -0.25) is 4.79 Å². The standard InChI is InChI=1S/C24H24F2N2O2/c1-16-7-6-8-17(2)22(16)28-21(29)15-27-23(18-9-4-3-5-10-18)19-11-13-20(14-12-19)30-24(25)26/h3-14,23-24,27H,15H2,1-2H3,(H,28,29)/p+1/t23-/m1/s1. The van der Waals surface area contributed by atoms with Crippen LogP contribution in [0.25, 0.3) is 0 Å². The molecule has 0 fully saturated rings. The number of ether oxygens (including phenoxy) is 1. The molecule has 0 bridgehead atoms. The van der Waals surface area contributed by atoms with Crippen LogP contribution in [0.1, 0.15) is 28.3 Å². The van der Waals surface area contributed by atoms with Gasteiger partial charge in [0.15, 0.2) is 6.54 Å². The Bertz CT molecular complexity index is 956. The van der Waals surface area contributed by atoms with Crippen molar-refractivity contribution in [3.63, 3.8) is 0 Å². The normalized spacial score (nSPS) is 11.9. The molecule has 0 aliphatic heterocycles. The molecule has 1 atom stereocenters. The van der Waals surface area contributed by atoms with Crippen molar-refractivity contribution >= 4 is 11.6 Å². The number of quaternary nitrogens is 1. The van der Waals surface area contributed by atoms with Gasteiger partial charge >= 0.3 is 6.61 Å². The second-order valence-electron chi connectivity index (χ2n) is 7.09. The number of nitrogens with two attached hydrogens (primary N) is 1. The van der Waals surface area contributed by atoms with Gasteiger partial charge in [0, 0.05) is 16.8 Å². The van der Waals surface area contributed by atoms with E-state index in [0.29, 0.717) is 0 Å². The van der Waals surface area contributed by atoms with E-state index in [1.165, 1.54) is 12.1 Å². The van der Waals surface area contributed by atoms with Gasteiger partial charge in [0.25, 0.3) is 5.91 Å². The zero-order chi connectivity index (χ0) is 21.5. The summed E-state index contributed by atoms with van der Waals surface area (Å²) < 4.78 is 29.3. The number of hydrogen-bond donors (Lipinski definition) is 2. The third kappa shape index (κ3) is 5.64. The molecule has 1 amide bonds. The van der Waals surface area contributed by atoms with E-state index in [0.717, 1.165) is 27.9 Å². The minimum absolute atomic E-state index is 0.105. The molecule has 0 saturated heterocycles. The largest absolute Gasteiger partial charge is 0.435 e. The van der Waals surface area contributed by atoms with Crippen molar-refractivity contribution in [3.8, 4) is 5.75 Å². The number of hydrogen-bond acceptors (Lipinski definition) is 2. The van der Waals surface area contributed by atoms with Gasteiger partial charge in [-0.25, -0.2) is 0 Å². The average molecular weight is 411 g/mol. The quantitative estimate of drug-likeness (QED) is 0.584. The molecule has 0 aliphatic carbocycles. The van der Waals surface area contributed by atoms with E-state index in [-0.39, 0.29) is 24.2 Å². The first kappa shape index (κ1) is 21.5. The van der Waals surface area contributed by atoms with Crippen LogP contribution in [-0.2, 0) is 4.79 Å². The number of halogens is 2. The van der Waals surface area contributed by atoms with Crippen molar-refractivity contribution < 1.29 is 23.6 Å². The third-order valence-corrected chi connectivity index (χ3v) is 4.91. The second kappa shape index (κ2) is 9.98. The van der Waals surface area contributed by atoms with Crippen molar-refractivity contribution in [2.75, 3.05) is 11.9 Å². The number of carbonyl (C=O) groups excluding carboxylic acids is 1. The molecular weight excluding hydrogens is 386 g/mol.